The normalized spacial score (nSPS) is 11.9. The van der Waals surface area contributed by atoms with Crippen molar-refractivity contribution in [2.24, 2.45) is 0 Å². The number of carbonyl (C=O) groups excluding carboxylic acids is 2. The zero-order valence-corrected chi connectivity index (χ0v) is 15.3. The Balaban J connectivity index is 1.54. The van der Waals surface area contributed by atoms with Crippen LogP contribution in [0.4, 0.5) is 0 Å². The second-order valence-corrected chi connectivity index (χ2v) is 6.03. The van der Waals surface area contributed by atoms with Crippen LogP contribution in [-0.4, -0.2) is 25.0 Å². The summed E-state index contributed by atoms with van der Waals surface area (Å²) in [5.74, 6) is 1.01. The number of carbonyl (C=O) groups is 2. The minimum atomic E-state index is -0.346. The molecule has 0 bridgehead atoms. The van der Waals surface area contributed by atoms with Gasteiger partial charge in [0, 0.05) is 18.4 Å². The lowest BCUT2D eigenvalue weighted by molar-refractivity contribution is -0.121. The molecule has 27 heavy (non-hydrogen) atoms. The number of benzene rings is 1. The first kappa shape index (κ1) is 18.6. The number of hydrogen-bond donors (Lipinski definition) is 2. The van der Waals surface area contributed by atoms with Gasteiger partial charge >= 0.3 is 0 Å². The predicted octanol–water partition coefficient (Wildman–Crippen LogP) is 3.42. The van der Waals surface area contributed by atoms with E-state index in [0.29, 0.717) is 23.7 Å². The average molecular weight is 370 g/mol. The van der Waals surface area contributed by atoms with E-state index in [1.807, 2.05) is 38.1 Å². The fourth-order valence-electron chi connectivity index (χ4n) is 2.71. The topological polar surface area (TPSA) is 93.7 Å². The van der Waals surface area contributed by atoms with Gasteiger partial charge in [-0.2, -0.15) is 0 Å². The molecule has 0 aliphatic carbocycles. The maximum Gasteiger partial charge on any atom is 0.286 e. The van der Waals surface area contributed by atoms with Gasteiger partial charge in [-0.05, 0) is 38.1 Å². The molecular formula is C20H22N2O5. The highest BCUT2D eigenvalue weighted by molar-refractivity contribution is 5.91. The Morgan fingerprint density at radius 3 is 2.81 bits per heavy atom. The second-order valence-electron chi connectivity index (χ2n) is 6.03. The van der Waals surface area contributed by atoms with Gasteiger partial charge in [0.05, 0.1) is 18.9 Å². The molecule has 2 aromatic heterocycles. The van der Waals surface area contributed by atoms with Crippen LogP contribution in [0.15, 0.2) is 51.5 Å². The van der Waals surface area contributed by atoms with Crippen LogP contribution in [0.25, 0.3) is 11.0 Å². The molecule has 0 saturated heterocycles. The Hall–Kier alpha value is -3.22. The third-order valence-electron chi connectivity index (χ3n) is 4.01. The molecule has 2 amide bonds. The van der Waals surface area contributed by atoms with Gasteiger partial charge in [-0.25, -0.2) is 0 Å². The predicted molar refractivity (Wildman–Crippen MR) is 99.6 cm³/mol. The number of amides is 2. The van der Waals surface area contributed by atoms with Crippen LogP contribution < -0.4 is 15.4 Å². The maximum absolute atomic E-state index is 12.1. The van der Waals surface area contributed by atoms with E-state index in [0.717, 1.165) is 5.39 Å². The van der Waals surface area contributed by atoms with Crippen molar-refractivity contribution in [3.8, 4) is 5.75 Å². The lowest BCUT2D eigenvalue weighted by Crippen LogP contribution is -2.31. The lowest BCUT2D eigenvalue weighted by Gasteiger charge is -2.11. The van der Waals surface area contributed by atoms with Gasteiger partial charge in [0.25, 0.3) is 5.91 Å². The lowest BCUT2D eigenvalue weighted by atomic mass is 10.2. The van der Waals surface area contributed by atoms with Crippen molar-refractivity contribution in [1.82, 2.24) is 10.6 Å². The van der Waals surface area contributed by atoms with E-state index in [9.17, 15) is 9.59 Å². The Labute approximate surface area is 156 Å². The van der Waals surface area contributed by atoms with E-state index >= 15 is 0 Å². The van der Waals surface area contributed by atoms with Gasteiger partial charge in [-0.1, -0.05) is 12.1 Å². The number of fused-ring (bicyclic) bond motifs is 1. The van der Waals surface area contributed by atoms with Crippen molar-refractivity contribution in [3.05, 3.63) is 54.2 Å². The molecule has 1 unspecified atom stereocenters. The standard InChI is InChI=1S/C20H22N2O5/c1-3-25-15-7-4-6-14-12-17(27-19(14)15)13(2)22-18(23)9-10-21-20(24)16-8-5-11-26-16/h4-8,11-13H,3,9-10H2,1-2H3,(H,21,24)(H,22,23). The van der Waals surface area contributed by atoms with E-state index in [1.54, 1.807) is 12.1 Å². The van der Waals surface area contributed by atoms with Crippen molar-refractivity contribution in [3.63, 3.8) is 0 Å². The number of rotatable bonds is 8. The van der Waals surface area contributed by atoms with Gasteiger partial charge in [-0.3, -0.25) is 9.59 Å². The van der Waals surface area contributed by atoms with Gasteiger partial charge in [0.1, 0.15) is 5.76 Å². The number of hydrogen-bond acceptors (Lipinski definition) is 5. The molecule has 3 rings (SSSR count). The van der Waals surface area contributed by atoms with Crippen LogP contribution in [0.3, 0.4) is 0 Å². The van der Waals surface area contributed by atoms with Crippen LogP contribution >= 0.6 is 0 Å². The first-order valence-electron chi connectivity index (χ1n) is 8.84. The number of para-hydroxylation sites is 1. The van der Waals surface area contributed by atoms with Crippen molar-refractivity contribution in [2.45, 2.75) is 26.3 Å². The van der Waals surface area contributed by atoms with Gasteiger partial charge in [0.15, 0.2) is 17.1 Å². The highest BCUT2D eigenvalue weighted by Crippen LogP contribution is 2.31. The summed E-state index contributed by atoms with van der Waals surface area (Å²) < 4.78 is 16.5. The summed E-state index contributed by atoms with van der Waals surface area (Å²) in [5.41, 5.74) is 0.668. The molecule has 0 aliphatic heterocycles. The first-order valence-corrected chi connectivity index (χ1v) is 8.84. The summed E-state index contributed by atoms with van der Waals surface area (Å²) >= 11 is 0. The van der Waals surface area contributed by atoms with Crippen molar-refractivity contribution >= 4 is 22.8 Å². The first-order chi connectivity index (χ1) is 13.1. The molecule has 0 radical (unpaired) electrons. The zero-order valence-electron chi connectivity index (χ0n) is 15.3. The average Bonchev–Trinajstić information content (AvgIpc) is 3.32. The molecule has 0 aliphatic rings. The van der Waals surface area contributed by atoms with Crippen LogP contribution in [0.1, 0.15) is 42.6 Å². The largest absolute Gasteiger partial charge is 0.490 e. The van der Waals surface area contributed by atoms with Gasteiger partial charge < -0.3 is 24.2 Å². The Kier molecular flexibility index (Phi) is 5.80. The molecule has 2 N–H and O–H groups in total. The van der Waals surface area contributed by atoms with Crippen LogP contribution in [-0.2, 0) is 4.79 Å². The molecule has 2 heterocycles. The Morgan fingerprint density at radius 1 is 1.22 bits per heavy atom. The Morgan fingerprint density at radius 2 is 2.07 bits per heavy atom. The van der Waals surface area contributed by atoms with E-state index in [2.05, 4.69) is 10.6 Å². The number of furan rings is 2. The highest BCUT2D eigenvalue weighted by atomic mass is 16.5. The van der Waals surface area contributed by atoms with Crippen molar-refractivity contribution in [1.29, 1.82) is 0 Å². The maximum atomic E-state index is 12.1. The molecular weight excluding hydrogens is 348 g/mol. The monoisotopic (exact) mass is 370 g/mol. The van der Waals surface area contributed by atoms with Gasteiger partial charge in [0.2, 0.25) is 5.91 Å². The summed E-state index contributed by atoms with van der Waals surface area (Å²) in [5, 5.41) is 6.43. The zero-order chi connectivity index (χ0) is 19.2. The van der Waals surface area contributed by atoms with Gasteiger partial charge in [-0.15, -0.1) is 0 Å². The smallest absolute Gasteiger partial charge is 0.286 e. The molecule has 0 spiro atoms. The summed E-state index contributed by atoms with van der Waals surface area (Å²) in [4.78, 5) is 23.9. The number of nitrogens with one attached hydrogen (secondary N) is 2. The van der Waals surface area contributed by atoms with E-state index in [4.69, 9.17) is 13.6 Å². The van der Waals surface area contributed by atoms with Crippen molar-refractivity contribution in [2.75, 3.05) is 13.2 Å². The summed E-state index contributed by atoms with van der Waals surface area (Å²) in [6.07, 6.45) is 1.58. The van der Waals surface area contributed by atoms with E-state index in [-0.39, 0.29) is 36.6 Å². The Bertz CT molecular complexity index is 914. The molecule has 142 valence electrons. The highest BCUT2D eigenvalue weighted by Gasteiger charge is 2.16. The molecule has 1 atom stereocenters. The molecule has 1 aromatic carbocycles. The molecule has 7 nitrogen and oxygen atoms in total. The quantitative estimate of drug-likeness (QED) is 0.634. The SMILES string of the molecule is CCOc1cccc2cc(C(C)NC(=O)CCNC(=O)c3ccco3)oc12. The number of ether oxygens (including phenoxy) is 1. The fraction of sp³-hybridized carbons (Fsp3) is 0.300. The summed E-state index contributed by atoms with van der Waals surface area (Å²) in [6, 6.07) is 10.5. The summed E-state index contributed by atoms with van der Waals surface area (Å²) in [6.45, 7) is 4.52. The molecule has 0 fully saturated rings. The minimum absolute atomic E-state index is 0.154. The van der Waals surface area contributed by atoms with Crippen LogP contribution in [0, 0.1) is 0 Å². The van der Waals surface area contributed by atoms with E-state index in [1.165, 1.54) is 6.26 Å². The fourth-order valence-corrected chi connectivity index (χ4v) is 2.71. The van der Waals surface area contributed by atoms with Crippen LogP contribution in [0.2, 0.25) is 0 Å². The second kappa shape index (κ2) is 8.44. The molecule has 7 heteroatoms. The third kappa shape index (κ3) is 4.49. The molecule has 0 saturated carbocycles. The molecule has 3 aromatic rings. The van der Waals surface area contributed by atoms with Crippen molar-refractivity contribution < 1.29 is 23.2 Å². The van der Waals surface area contributed by atoms with Crippen LogP contribution in [0.5, 0.6) is 5.75 Å². The van der Waals surface area contributed by atoms with E-state index < -0.39 is 0 Å². The third-order valence-corrected chi connectivity index (χ3v) is 4.01. The summed E-state index contributed by atoms with van der Waals surface area (Å²) in [7, 11) is 0. The minimum Gasteiger partial charge on any atom is -0.490 e.